The number of rotatable bonds is 3. The van der Waals surface area contributed by atoms with Gasteiger partial charge in [-0.3, -0.25) is 4.79 Å². The number of fused-ring (bicyclic) bond motifs is 1. The lowest BCUT2D eigenvalue weighted by atomic mass is 10.2. The van der Waals surface area contributed by atoms with Crippen LogP contribution in [0.25, 0.3) is 10.1 Å². The maximum atomic E-state index is 12.8. The lowest BCUT2D eigenvalue weighted by Gasteiger charge is -2.34. The van der Waals surface area contributed by atoms with Gasteiger partial charge in [0.25, 0.3) is 5.91 Å². The summed E-state index contributed by atoms with van der Waals surface area (Å²) in [5, 5.41) is 3.84. The number of ether oxygens (including phenoxy) is 1. The molecular weight excluding hydrogens is 352 g/mol. The highest BCUT2D eigenvalue weighted by Crippen LogP contribution is 2.23. The number of hydrogen-bond donors (Lipinski definition) is 1. The standard InChI is InChI=1S/C18H22N4O3S/c23-17(16-14-5-1-2-6-15(14)26-20-16)21-7-9-22(10-8-21)18(24)19-12-13-4-3-11-25-13/h1-2,5-6,13H,3-4,7-12H2,(H,19,24)/t13-/m0/s1. The van der Waals surface area contributed by atoms with E-state index < -0.39 is 0 Å². The Bertz CT molecular complexity index is 795. The normalized spacial score (nSPS) is 20.5. The van der Waals surface area contributed by atoms with Gasteiger partial charge in [0.05, 0.1) is 10.8 Å². The Morgan fingerprint density at radius 2 is 1.96 bits per heavy atom. The molecule has 1 atom stereocenters. The third-order valence-electron chi connectivity index (χ3n) is 4.94. The van der Waals surface area contributed by atoms with Crippen LogP contribution in [0.15, 0.2) is 24.3 Å². The summed E-state index contributed by atoms with van der Waals surface area (Å²) in [6.45, 7) is 3.46. The summed E-state index contributed by atoms with van der Waals surface area (Å²) in [6.07, 6.45) is 2.20. The number of amides is 3. The van der Waals surface area contributed by atoms with Gasteiger partial charge in [-0.2, -0.15) is 4.37 Å². The van der Waals surface area contributed by atoms with Crippen LogP contribution in [0.4, 0.5) is 4.79 Å². The molecule has 0 bridgehead atoms. The van der Waals surface area contributed by atoms with Gasteiger partial charge in [0.2, 0.25) is 0 Å². The molecule has 2 aromatic rings. The van der Waals surface area contributed by atoms with E-state index in [0.717, 1.165) is 29.5 Å². The molecule has 138 valence electrons. The van der Waals surface area contributed by atoms with Gasteiger partial charge in [0.15, 0.2) is 0 Å². The summed E-state index contributed by atoms with van der Waals surface area (Å²) >= 11 is 1.35. The van der Waals surface area contributed by atoms with Crippen molar-refractivity contribution in [1.82, 2.24) is 19.5 Å². The quantitative estimate of drug-likeness (QED) is 0.891. The predicted molar refractivity (Wildman–Crippen MR) is 99.5 cm³/mol. The van der Waals surface area contributed by atoms with E-state index in [-0.39, 0.29) is 18.0 Å². The van der Waals surface area contributed by atoms with Crippen molar-refractivity contribution >= 4 is 33.6 Å². The largest absolute Gasteiger partial charge is 0.376 e. The molecule has 0 radical (unpaired) electrons. The number of carbonyl (C=O) groups excluding carboxylic acids is 2. The minimum Gasteiger partial charge on any atom is -0.376 e. The molecule has 2 saturated heterocycles. The summed E-state index contributed by atoms with van der Waals surface area (Å²) in [4.78, 5) is 28.6. The first kappa shape index (κ1) is 17.2. The molecule has 7 nitrogen and oxygen atoms in total. The fraction of sp³-hybridized carbons (Fsp3) is 0.500. The Morgan fingerprint density at radius 1 is 1.19 bits per heavy atom. The number of carbonyl (C=O) groups is 2. The monoisotopic (exact) mass is 374 g/mol. The summed E-state index contributed by atoms with van der Waals surface area (Å²) in [5.74, 6) is -0.0538. The summed E-state index contributed by atoms with van der Waals surface area (Å²) in [6, 6.07) is 7.69. The fourth-order valence-corrected chi connectivity index (χ4v) is 4.19. The van der Waals surface area contributed by atoms with Crippen molar-refractivity contribution in [3.8, 4) is 0 Å². The second-order valence-electron chi connectivity index (χ2n) is 6.63. The van der Waals surface area contributed by atoms with Crippen LogP contribution in [0.1, 0.15) is 23.3 Å². The zero-order chi connectivity index (χ0) is 17.9. The average molecular weight is 374 g/mol. The third kappa shape index (κ3) is 3.52. The molecule has 0 unspecified atom stereocenters. The van der Waals surface area contributed by atoms with Crippen molar-refractivity contribution in [1.29, 1.82) is 0 Å². The molecule has 2 aliphatic heterocycles. The first-order valence-electron chi connectivity index (χ1n) is 9.00. The number of nitrogens with zero attached hydrogens (tertiary/aromatic N) is 3. The van der Waals surface area contributed by atoms with Crippen LogP contribution in [0, 0.1) is 0 Å². The van der Waals surface area contributed by atoms with Gasteiger partial charge in [0, 0.05) is 44.7 Å². The van der Waals surface area contributed by atoms with E-state index in [1.54, 1.807) is 9.80 Å². The number of aromatic nitrogens is 1. The van der Waals surface area contributed by atoms with E-state index in [9.17, 15) is 9.59 Å². The Kier molecular flexibility index (Phi) is 5.03. The van der Waals surface area contributed by atoms with Gasteiger partial charge < -0.3 is 19.9 Å². The van der Waals surface area contributed by atoms with E-state index in [2.05, 4.69) is 9.69 Å². The lowest BCUT2D eigenvalue weighted by Crippen LogP contribution is -2.53. The van der Waals surface area contributed by atoms with Crippen molar-refractivity contribution in [2.45, 2.75) is 18.9 Å². The predicted octanol–water partition coefficient (Wildman–Crippen LogP) is 1.94. The highest BCUT2D eigenvalue weighted by molar-refractivity contribution is 7.13. The van der Waals surface area contributed by atoms with Gasteiger partial charge in [0.1, 0.15) is 5.69 Å². The second kappa shape index (κ2) is 7.59. The number of urea groups is 1. The Morgan fingerprint density at radius 3 is 2.73 bits per heavy atom. The van der Waals surface area contributed by atoms with Crippen LogP contribution in [0.2, 0.25) is 0 Å². The fourth-order valence-electron chi connectivity index (χ4n) is 3.42. The van der Waals surface area contributed by atoms with Crippen LogP contribution in [-0.4, -0.2) is 71.5 Å². The molecule has 2 aliphatic rings. The highest BCUT2D eigenvalue weighted by Gasteiger charge is 2.27. The van der Waals surface area contributed by atoms with E-state index >= 15 is 0 Å². The van der Waals surface area contributed by atoms with Crippen molar-refractivity contribution in [2.24, 2.45) is 0 Å². The minimum absolute atomic E-state index is 0.0538. The van der Waals surface area contributed by atoms with Crippen LogP contribution in [0.3, 0.4) is 0 Å². The van der Waals surface area contributed by atoms with Gasteiger partial charge in [-0.05, 0) is 30.4 Å². The minimum atomic E-state index is -0.0771. The maximum Gasteiger partial charge on any atom is 0.317 e. The first-order valence-corrected chi connectivity index (χ1v) is 9.78. The molecule has 3 amide bonds. The van der Waals surface area contributed by atoms with E-state index in [4.69, 9.17) is 4.74 Å². The molecule has 8 heteroatoms. The number of piperazine rings is 1. The van der Waals surface area contributed by atoms with Crippen LogP contribution < -0.4 is 5.32 Å². The average Bonchev–Trinajstić information content (AvgIpc) is 3.35. The zero-order valence-electron chi connectivity index (χ0n) is 14.5. The van der Waals surface area contributed by atoms with Crippen molar-refractivity contribution in [2.75, 3.05) is 39.3 Å². The van der Waals surface area contributed by atoms with Gasteiger partial charge in [-0.25, -0.2) is 4.79 Å². The highest BCUT2D eigenvalue weighted by atomic mass is 32.1. The molecule has 3 heterocycles. The molecule has 4 rings (SSSR count). The molecule has 1 N–H and O–H groups in total. The molecule has 2 fully saturated rings. The lowest BCUT2D eigenvalue weighted by molar-refractivity contribution is 0.0657. The molecule has 1 aromatic carbocycles. The van der Waals surface area contributed by atoms with E-state index in [1.807, 2.05) is 24.3 Å². The number of nitrogens with one attached hydrogen (secondary N) is 1. The van der Waals surface area contributed by atoms with Gasteiger partial charge >= 0.3 is 6.03 Å². The van der Waals surface area contributed by atoms with Gasteiger partial charge in [-0.1, -0.05) is 18.2 Å². The van der Waals surface area contributed by atoms with Crippen LogP contribution >= 0.6 is 11.5 Å². The smallest absolute Gasteiger partial charge is 0.317 e. The van der Waals surface area contributed by atoms with Crippen LogP contribution in [0.5, 0.6) is 0 Å². The van der Waals surface area contributed by atoms with Crippen molar-refractivity contribution < 1.29 is 14.3 Å². The first-order chi connectivity index (χ1) is 12.7. The number of benzene rings is 1. The third-order valence-corrected chi connectivity index (χ3v) is 5.77. The molecule has 0 aliphatic carbocycles. The molecule has 1 aromatic heterocycles. The maximum absolute atomic E-state index is 12.8. The molecular formula is C18H22N4O3S. The molecule has 0 spiro atoms. The molecule has 0 saturated carbocycles. The topological polar surface area (TPSA) is 74.8 Å². The SMILES string of the molecule is O=C(NC[C@@H]1CCCO1)N1CCN(C(=O)c2nsc3ccccc23)CC1. The molecule has 26 heavy (non-hydrogen) atoms. The Hall–Kier alpha value is -2.19. The van der Waals surface area contributed by atoms with E-state index in [0.29, 0.717) is 38.4 Å². The van der Waals surface area contributed by atoms with Crippen molar-refractivity contribution in [3.63, 3.8) is 0 Å². The zero-order valence-corrected chi connectivity index (χ0v) is 15.3. The summed E-state index contributed by atoms with van der Waals surface area (Å²) in [7, 11) is 0. The Balaban J connectivity index is 1.31. The van der Waals surface area contributed by atoms with Crippen molar-refractivity contribution in [3.05, 3.63) is 30.0 Å². The number of hydrogen-bond acceptors (Lipinski definition) is 5. The van der Waals surface area contributed by atoms with Crippen LogP contribution in [-0.2, 0) is 4.74 Å². The van der Waals surface area contributed by atoms with Gasteiger partial charge in [-0.15, -0.1) is 0 Å². The summed E-state index contributed by atoms with van der Waals surface area (Å²) < 4.78 is 10.9. The summed E-state index contributed by atoms with van der Waals surface area (Å²) in [5.41, 5.74) is 0.516. The Labute approximate surface area is 156 Å². The van der Waals surface area contributed by atoms with E-state index in [1.165, 1.54) is 11.5 Å². The second-order valence-corrected chi connectivity index (χ2v) is 7.43.